The third-order valence-electron chi connectivity index (χ3n) is 2.96. The summed E-state index contributed by atoms with van der Waals surface area (Å²) >= 11 is 0. The zero-order valence-corrected chi connectivity index (χ0v) is 16.1. The second-order valence-electron chi connectivity index (χ2n) is 4.76. The van der Waals surface area contributed by atoms with Crippen LogP contribution in [0.3, 0.4) is 0 Å². The second-order valence-corrected chi connectivity index (χ2v) is 6.69. The maximum Gasteiger partial charge on any atom is 0.215 e. The summed E-state index contributed by atoms with van der Waals surface area (Å²) in [6.07, 6.45) is 2.17. The average molecular weight is 440 g/mol. The Balaban J connectivity index is 0.00000441. The van der Waals surface area contributed by atoms with Crippen LogP contribution in [0.1, 0.15) is 30.9 Å². The van der Waals surface area contributed by atoms with E-state index < -0.39 is 10.0 Å². The molecule has 0 unspecified atom stereocenters. The van der Waals surface area contributed by atoms with Crippen LogP contribution in [0.5, 0.6) is 0 Å². The molecule has 0 spiro atoms. The Morgan fingerprint density at radius 2 is 1.82 bits per heavy atom. The van der Waals surface area contributed by atoms with Crippen molar-refractivity contribution in [1.82, 2.24) is 10.0 Å². The molecule has 6 nitrogen and oxygen atoms in total. The zero-order chi connectivity index (χ0) is 15.7. The molecule has 0 aliphatic heterocycles. The molecule has 1 aromatic carbocycles. The van der Waals surface area contributed by atoms with Crippen molar-refractivity contribution >= 4 is 40.0 Å². The van der Waals surface area contributed by atoms with Crippen LogP contribution < -0.4 is 15.8 Å². The van der Waals surface area contributed by atoms with Gasteiger partial charge in [0, 0.05) is 6.54 Å². The molecule has 0 saturated carbocycles. The van der Waals surface area contributed by atoms with E-state index in [1.807, 2.05) is 12.1 Å². The first-order valence-corrected chi connectivity index (χ1v) is 8.65. The van der Waals surface area contributed by atoms with Gasteiger partial charge in [0.2, 0.25) is 10.0 Å². The number of halogens is 1. The van der Waals surface area contributed by atoms with E-state index in [0.29, 0.717) is 12.5 Å². The fourth-order valence-electron chi connectivity index (χ4n) is 1.66. The van der Waals surface area contributed by atoms with Gasteiger partial charge in [-0.05, 0) is 24.6 Å². The van der Waals surface area contributed by atoms with E-state index >= 15 is 0 Å². The van der Waals surface area contributed by atoms with Crippen LogP contribution in [0.2, 0.25) is 0 Å². The van der Waals surface area contributed by atoms with Crippen LogP contribution >= 0.6 is 24.0 Å². The van der Waals surface area contributed by atoms with Crippen molar-refractivity contribution in [2.24, 2.45) is 10.7 Å². The lowest BCUT2D eigenvalue weighted by Gasteiger charge is -2.05. The van der Waals surface area contributed by atoms with Crippen LogP contribution in [0.4, 0.5) is 0 Å². The van der Waals surface area contributed by atoms with Crippen LogP contribution in [0, 0.1) is 0 Å². The van der Waals surface area contributed by atoms with Gasteiger partial charge in [0.15, 0.2) is 5.96 Å². The molecule has 126 valence electrons. The summed E-state index contributed by atoms with van der Waals surface area (Å²) in [4.78, 5) is 4.24. The van der Waals surface area contributed by atoms with E-state index in [0.717, 1.165) is 30.5 Å². The molecule has 0 aromatic heterocycles. The summed E-state index contributed by atoms with van der Waals surface area (Å²) in [5, 5.41) is 3.04. The van der Waals surface area contributed by atoms with Gasteiger partial charge in [0.25, 0.3) is 0 Å². The van der Waals surface area contributed by atoms with E-state index in [9.17, 15) is 8.42 Å². The highest BCUT2D eigenvalue weighted by molar-refractivity contribution is 14.0. The number of aliphatic imine (C=N–C) groups is 1. The van der Waals surface area contributed by atoms with E-state index in [4.69, 9.17) is 5.73 Å². The standard InChI is InChI=1S/C14H24N4O2S.HI/c1-3-4-9-17-14(15)18-10-12-5-7-13(8-6-12)11-21(19,20)16-2;/h5-8,16H,3-4,9-11H2,1-2H3,(H3,15,17,18);1H. The molecule has 8 heteroatoms. The van der Waals surface area contributed by atoms with Crippen LogP contribution in [0.25, 0.3) is 0 Å². The topological polar surface area (TPSA) is 96.6 Å². The minimum atomic E-state index is -3.23. The first-order valence-electron chi connectivity index (χ1n) is 6.99. The number of benzene rings is 1. The fourth-order valence-corrected chi connectivity index (χ4v) is 2.43. The molecule has 0 bridgehead atoms. The van der Waals surface area contributed by atoms with Gasteiger partial charge in [-0.2, -0.15) is 0 Å². The quantitative estimate of drug-likeness (QED) is 0.247. The van der Waals surface area contributed by atoms with Gasteiger partial charge in [0.1, 0.15) is 0 Å². The Kier molecular flexibility index (Phi) is 10.4. The predicted molar refractivity (Wildman–Crippen MR) is 102 cm³/mol. The monoisotopic (exact) mass is 440 g/mol. The lowest BCUT2D eigenvalue weighted by molar-refractivity contribution is 0.587. The molecule has 0 radical (unpaired) electrons. The highest BCUT2D eigenvalue weighted by Gasteiger charge is 2.07. The van der Waals surface area contributed by atoms with Gasteiger partial charge in [-0.3, -0.25) is 0 Å². The van der Waals surface area contributed by atoms with Gasteiger partial charge in [-0.1, -0.05) is 37.6 Å². The highest BCUT2D eigenvalue weighted by atomic mass is 127. The van der Waals surface area contributed by atoms with Crippen LogP contribution in [-0.4, -0.2) is 28.0 Å². The van der Waals surface area contributed by atoms with Gasteiger partial charge < -0.3 is 11.1 Å². The molecule has 22 heavy (non-hydrogen) atoms. The molecule has 0 amide bonds. The predicted octanol–water partition coefficient (Wildman–Crippen LogP) is 1.56. The van der Waals surface area contributed by atoms with Crippen LogP contribution in [-0.2, 0) is 22.3 Å². The highest BCUT2D eigenvalue weighted by Crippen LogP contribution is 2.08. The Bertz CT molecular complexity index is 559. The molecule has 0 fully saturated rings. The van der Waals surface area contributed by atoms with E-state index in [1.54, 1.807) is 12.1 Å². The van der Waals surface area contributed by atoms with Crippen molar-refractivity contribution in [3.63, 3.8) is 0 Å². The lowest BCUT2D eigenvalue weighted by Crippen LogP contribution is -2.32. The normalized spacial score (nSPS) is 11.8. The van der Waals surface area contributed by atoms with Crippen molar-refractivity contribution in [2.75, 3.05) is 13.6 Å². The number of hydrogen-bond acceptors (Lipinski definition) is 3. The minimum Gasteiger partial charge on any atom is -0.370 e. The van der Waals surface area contributed by atoms with Crippen molar-refractivity contribution in [2.45, 2.75) is 32.1 Å². The number of nitrogens with one attached hydrogen (secondary N) is 2. The van der Waals surface area contributed by atoms with Gasteiger partial charge in [0.05, 0.1) is 12.3 Å². The third-order valence-corrected chi connectivity index (χ3v) is 4.29. The van der Waals surface area contributed by atoms with E-state index in [2.05, 4.69) is 22.0 Å². The Labute approximate surface area is 150 Å². The number of nitrogens with zero attached hydrogens (tertiary/aromatic N) is 1. The van der Waals surface area contributed by atoms with Crippen LogP contribution in [0.15, 0.2) is 29.3 Å². The SMILES string of the molecule is CCCCNC(N)=NCc1ccc(CS(=O)(=O)NC)cc1.I. The molecule has 0 aliphatic rings. The summed E-state index contributed by atoms with van der Waals surface area (Å²) in [6, 6.07) is 7.31. The van der Waals surface area contributed by atoms with E-state index in [-0.39, 0.29) is 29.7 Å². The fraction of sp³-hybridized carbons (Fsp3) is 0.500. The first kappa shape index (κ1) is 21.1. The van der Waals surface area contributed by atoms with Crippen molar-refractivity contribution < 1.29 is 8.42 Å². The summed E-state index contributed by atoms with van der Waals surface area (Å²) in [7, 11) is -1.82. The molecule has 1 aromatic rings. The smallest absolute Gasteiger partial charge is 0.215 e. The van der Waals surface area contributed by atoms with Crippen molar-refractivity contribution in [3.8, 4) is 0 Å². The molecular formula is C14H25IN4O2S. The van der Waals surface area contributed by atoms with Gasteiger partial charge in [-0.15, -0.1) is 24.0 Å². The lowest BCUT2D eigenvalue weighted by atomic mass is 10.1. The number of unbranched alkanes of at least 4 members (excludes halogenated alkanes) is 1. The molecular weight excluding hydrogens is 415 g/mol. The Morgan fingerprint density at radius 3 is 2.36 bits per heavy atom. The third kappa shape index (κ3) is 8.54. The first-order chi connectivity index (χ1) is 9.96. The number of guanidine groups is 1. The average Bonchev–Trinajstić information content (AvgIpc) is 2.46. The van der Waals surface area contributed by atoms with Crippen molar-refractivity contribution in [1.29, 1.82) is 0 Å². The summed E-state index contributed by atoms with van der Waals surface area (Å²) in [6.45, 7) is 3.42. The van der Waals surface area contributed by atoms with E-state index in [1.165, 1.54) is 7.05 Å². The molecule has 0 aliphatic carbocycles. The molecule has 0 saturated heterocycles. The number of rotatable bonds is 8. The number of nitrogens with two attached hydrogens (primary N) is 1. The number of sulfonamides is 1. The largest absolute Gasteiger partial charge is 0.370 e. The molecule has 0 atom stereocenters. The maximum absolute atomic E-state index is 11.4. The molecule has 1 rings (SSSR count). The summed E-state index contributed by atoms with van der Waals surface area (Å²) in [5.74, 6) is 0.415. The Hall–Kier alpha value is -0.870. The molecule has 0 heterocycles. The van der Waals surface area contributed by atoms with Crippen molar-refractivity contribution in [3.05, 3.63) is 35.4 Å². The Morgan fingerprint density at radius 1 is 1.23 bits per heavy atom. The van der Waals surface area contributed by atoms with Gasteiger partial charge >= 0.3 is 0 Å². The summed E-state index contributed by atoms with van der Waals surface area (Å²) < 4.78 is 25.2. The minimum absolute atomic E-state index is 0. The maximum atomic E-state index is 11.4. The zero-order valence-electron chi connectivity index (χ0n) is 13.0. The molecule has 4 N–H and O–H groups in total. The second kappa shape index (κ2) is 10.8. The van der Waals surface area contributed by atoms with Gasteiger partial charge in [-0.25, -0.2) is 18.1 Å². The summed E-state index contributed by atoms with van der Waals surface area (Å²) in [5.41, 5.74) is 7.47. The number of hydrogen-bond donors (Lipinski definition) is 3.